The second kappa shape index (κ2) is 35.1. The molecule has 18 N–H and O–H groups in total. The van der Waals surface area contributed by atoms with E-state index in [-0.39, 0.29) is 31.6 Å². The van der Waals surface area contributed by atoms with Crippen LogP contribution in [0.15, 0.2) is 11.6 Å². The number of carbonyl (C=O) groups is 4. The van der Waals surface area contributed by atoms with E-state index in [4.69, 9.17) is 56.8 Å². The Labute approximate surface area is 639 Å². The van der Waals surface area contributed by atoms with Gasteiger partial charge in [-0.2, -0.15) is 0 Å². The van der Waals surface area contributed by atoms with Gasteiger partial charge in [-0.25, -0.2) is 4.79 Å². The molecule has 0 aromatic rings. The molecule has 0 aromatic heterocycles. The molecule has 38 atom stereocenters. The summed E-state index contributed by atoms with van der Waals surface area (Å²) < 4.78 is 73.1. The van der Waals surface area contributed by atoms with Crippen molar-refractivity contribution in [2.75, 3.05) is 26.4 Å². The summed E-state index contributed by atoms with van der Waals surface area (Å²) in [5.74, 6) is -4.60. The van der Waals surface area contributed by atoms with Crippen molar-refractivity contribution >= 4 is 24.1 Å². The maximum atomic E-state index is 16.1. The highest BCUT2D eigenvalue weighted by Crippen LogP contribution is 2.76. The number of aldehydes is 1. The van der Waals surface area contributed by atoms with Crippen LogP contribution < -0.4 is 5.32 Å². The van der Waals surface area contributed by atoms with Crippen molar-refractivity contribution in [3.8, 4) is 0 Å². The summed E-state index contributed by atoms with van der Waals surface area (Å²) in [6.07, 6.45) is -37.3. The van der Waals surface area contributed by atoms with E-state index < -0.39 is 273 Å². The number of unbranched alkanes of at least 4 members (excludes halogenated alkanes) is 8. The van der Waals surface area contributed by atoms with Gasteiger partial charge in [0.1, 0.15) is 122 Å². The van der Waals surface area contributed by atoms with E-state index in [1.54, 1.807) is 6.92 Å². The lowest BCUT2D eigenvalue weighted by Crippen LogP contribution is -2.70. The molecule has 0 radical (unpaired) electrons. The van der Waals surface area contributed by atoms with Crippen molar-refractivity contribution in [1.29, 1.82) is 0 Å². The number of fused-ring (bicyclic) bond motifs is 7. The Hall–Kier alpha value is -3.26. The van der Waals surface area contributed by atoms with Gasteiger partial charge in [0.05, 0.1) is 56.2 Å². The molecular weight excluding hydrogens is 1450 g/mol. The summed E-state index contributed by atoms with van der Waals surface area (Å²) in [6.45, 7) is 13.1. The zero-order valence-corrected chi connectivity index (χ0v) is 64.1. The molecule has 5 aliphatic carbocycles. The molecule has 6 heterocycles. The zero-order chi connectivity index (χ0) is 80.2. The number of rotatable bonds is 27. The Morgan fingerprint density at radius 3 is 1.72 bits per heavy atom. The van der Waals surface area contributed by atoms with Crippen molar-refractivity contribution in [1.82, 2.24) is 5.32 Å². The van der Waals surface area contributed by atoms with Crippen LogP contribution in [0.2, 0.25) is 0 Å². The molecule has 11 aliphatic rings. The van der Waals surface area contributed by atoms with Gasteiger partial charge in [0.25, 0.3) is 0 Å². The number of aliphatic hydroxyl groups excluding tert-OH is 16. The summed E-state index contributed by atoms with van der Waals surface area (Å²) in [5, 5.41) is 192. The molecule has 3 unspecified atom stereocenters. The Bertz CT molecular complexity index is 3140. The molecule has 110 heavy (non-hydrogen) atoms. The molecule has 6 saturated heterocycles. The summed E-state index contributed by atoms with van der Waals surface area (Å²) in [6, 6.07) is -1.42. The average Bonchev–Trinajstić information content (AvgIpc) is 0.670. The molecule has 34 heteroatoms. The van der Waals surface area contributed by atoms with E-state index in [0.29, 0.717) is 44.9 Å². The molecule has 4 saturated carbocycles. The third kappa shape index (κ3) is 16.5. The largest absolute Gasteiger partial charge is 0.479 e. The number of carbonyl (C=O) groups excluding carboxylic acids is 3. The number of carboxylic acid groups (broad SMARTS) is 1. The minimum atomic E-state index is -2.22. The fourth-order valence-corrected chi connectivity index (χ4v) is 20.9. The first-order chi connectivity index (χ1) is 51.9. The van der Waals surface area contributed by atoms with Crippen LogP contribution in [0.4, 0.5) is 0 Å². The molecule has 0 spiro atoms. The summed E-state index contributed by atoms with van der Waals surface area (Å²) >= 11 is 0. The van der Waals surface area contributed by atoms with Crippen LogP contribution in [-0.2, 0) is 76.0 Å². The number of esters is 1. The number of carboxylic acids is 1. The smallest absolute Gasteiger partial charge is 0.335 e. The standard InChI is InChI=1S/C76H123NO33/c1-9-10-11-12-13-14-15-16-17-18-45(84)77-46-39(29-78)102-68(61(50(46)88)108-66-56(94)52(90)58(34(2)101-66)105-64-53(91)47(85)37(81)31-99-64)110-70(98)76-26-25-71(3,4)27-36(76)35-19-20-42-72(5)23-22-44(73(6,33-80)41(72)21-24-74(42,7)75(35,8)28-43(76)83)104-69-62(109-67-55(93)51(89)49(87)40(30-79)103-67)59(57(95)60(107-69)63(96)97)106-65-54(92)48(86)38(82)32-100-65/h19,33-34,36-44,46-62,64-69,78-79,81-83,85-95H,9-18,20-32H2,1-8H3,(H,77,84)(H,96,97)/t34-,36?,37+,38+,39+,40+,41?,42?,43+,44-,46-,47-,48-,49-,50-,51-,52-,53+,54+,55+,56+,57-,58-,59-,60-,61+,62+,64-,65-,66+,67+,68-,69+,72-,73-,74+,75+,76+/m0/s1. The van der Waals surface area contributed by atoms with E-state index in [2.05, 4.69) is 52.9 Å². The minimum Gasteiger partial charge on any atom is -0.479 e. The molecule has 0 bridgehead atoms. The molecule has 1 amide bonds. The number of hydrogen-bond acceptors (Lipinski definition) is 32. The second-order valence-corrected chi connectivity index (χ2v) is 35.0. The predicted molar refractivity (Wildman–Crippen MR) is 375 cm³/mol. The number of allylic oxidation sites excluding steroid dienone is 2. The quantitative estimate of drug-likeness (QED) is 0.0142. The van der Waals surface area contributed by atoms with Crippen LogP contribution in [-0.4, -0.2) is 322 Å². The van der Waals surface area contributed by atoms with Crippen LogP contribution in [0.5, 0.6) is 0 Å². The first-order valence-electron chi connectivity index (χ1n) is 39.7. The molecule has 11 rings (SSSR count). The number of nitrogens with one attached hydrogen (secondary N) is 1. The highest BCUT2D eigenvalue weighted by Gasteiger charge is 2.73. The fraction of sp³-hybridized carbons (Fsp3) is 0.921. The van der Waals surface area contributed by atoms with Crippen molar-refractivity contribution in [2.45, 2.75) is 362 Å². The number of amides is 1. The van der Waals surface area contributed by atoms with Gasteiger partial charge in [-0.1, -0.05) is 111 Å². The SMILES string of the molecule is CCCCCCCCCCCC(=O)N[C@@H]1[C@H](O)[C@@H](O[C@H]2O[C@@H](C)[C@H](O[C@@H]3OC[C@@H](O)[C@H](O)[C@H]3O)[C@@H](O)[C@H]2O)[C@H](OC(=O)[C@]23CCC(C)(C)CC2C2=CCC4[C@@]5(C)CC[C@H](O[C@@H]6O[C@H](C(=O)O)[C@@H](O)[C@H](O[C@@H]7OC[C@@H](O)[C@H](O)[C@H]7O)[C@H]6O[C@H]6O[C@H](CO)[C@H](O)[C@H](O)[C@H]6O)[C@@](C)(C=O)C5CC[C@@]4(C)[C@]2(C)C[C@H]3O)O[C@@H]1CO. The number of ether oxygens (including phenoxy) is 12. The number of aliphatic hydroxyl groups is 16. The molecule has 34 nitrogen and oxygen atoms in total. The van der Waals surface area contributed by atoms with Crippen LogP contribution in [0.3, 0.4) is 0 Å². The van der Waals surface area contributed by atoms with Crippen molar-refractivity contribution in [2.24, 2.45) is 50.2 Å². The van der Waals surface area contributed by atoms with Gasteiger partial charge in [-0.05, 0) is 111 Å². The van der Waals surface area contributed by atoms with E-state index in [1.165, 1.54) is 13.3 Å². The Morgan fingerprint density at radius 2 is 1.11 bits per heavy atom. The van der Waals surface area contributed by atoms with Gasteiger partial charge in [0.15, 0.2) is 43.7 Å². The summed E-state index contributed by atoms with van der Waals surface area (Å²) in [5.41, 5.74) is -4.94. The third-order valence-corrected chi connectivity index (χ3v) is 27.7. The average molecular weight is 1580 g/mol. The lowest BCUT2D eigenvalue weighted by molar-refractivity contribution is -0.391. The normalized spacial score (nSPS) is 49.5. The van der Waals surface area contributed by atoms with Crippen LogP contribution in [0.25, 0.3) is 0 Å². The topological polar surface area (TPSA) is 535 Å². The zero-order valence-electron chi connectivity index (χ0n) is 64.1. The van der Waals surface area contributed by atoms with Gasteiger partial charge in [-0.3, -0.25) is 9.59 Å². The summed E-state index contributed by atoms with van der Waals surface area (Å²) in [4.78, 5) is 57.3. The van der Waals surface area contributed by atoms with E-state index in [0.717, 1.165) is 56.8 Å². The lowest BCUT2D eigenvalue weighted by atomic mass is 9.33. The Kier molecular flexibility index (Phi) is 28.0. The highest BCUT2D eigenvalue weighted by atomic mass is 16.8. The molecular formula is C76H123NO33. The van der Waals surface area contributed by atoms with Gasteiger partial charge in [0.2, 0.25) is 12.2 Å². The first-order valence-corrected chi connectivity index (χ1v) is 39.7. The van der Waals surface area contributed by atoms with Crippen molar-refractivity contribution in [3.63, 3.8) is 0 Å². The second-order valence-electron chi connectivity index (χ2n) is 35.0. The molecule has 0 aromatic carbocycles. The molecule has 10 fully saturated rings. The third-order valence-electron chi connectivity index (χ3n) is 27.7. The number of hydrogen-bond donors (Lipinski definition) is 18. The Balaban J connectivity index is 0.862. The predicted octanol–water partition coefficient (Wildman–Crippen LogP) is -1.79. The maximum Gasteiger partial charge on any atom is 0.335 e. The van der Waals surface area contributed by atoms with Crippen molar-refractivity contribution in [3.05, 3.63) is 11.6 Å². The first kappa shape index (κ1) is 87.6. The van der Waals surface area contributed by atoms with Crippen LogP contribution in [0, 0.1) is 50.2 Å². The van der Waals surface area contributed by atoms with E-state index >= 15 is 4.79 Å². The van der Waals surface area contributed by atoms with Gasteiger partial charge in [-0.15, -0.1) is 0 Å². The Morgan fingerprint density at radius 1 is 0.545 bits per heavy atom. The number of aliphatic carboxylic acids is 1. The minimum absolute atomic E-state index is 0.0242. The van der Waals surface area contributed by atoms with E-state index in [9.17, 15) is 101 Å². The summed E-state index contributed by atoms with van der Waals surface area (Å²) in [7, 11) is 0. The monoisotopic (exact) mass is 1580 g/mol. The van der Waals surface area contributed by atoms with Crippen LogP contribution >= 0.6 is 0 Å². The fourth-order valence-electron chi connectivity index (χ4n) is 20.9. The highest BCUT2D eigenvalue weighted by molar-refractivity contribution is 5.80. The van der Waals surface area contributed by atoms with E-state index in [1.807, 2.05) is 0 Å². The van der Waals surface area contributed by atoms with Gasteiger partial charge < -0.3 is 154 Å². The van der Waals surface area contributed by atoms with Gasteiger partial charge >= 0.3 is 11.9 Å². The lowest BCUT2D eigenvalue weighted by Gasteiger charge is -2.71. The van der Waals surface area contributed by atoms with Crippen molar-refractivity contribution < 1.29 is 163 Å². The van der Waals surface area contributed by atoms with Crippen LogP contribution in [0.1, 0.15) is 177 Å². The maximum absolute atomic E-state index is 16.1. The molecule has 630 valence electrons. The van der Waals surface area contributed by atoms with Gasteiger partial charge in [0, 0.05) is 6.42 Å². The molecule has 6 aliphatic heterocycles.